The lowest BCUT2D eigenvalue weighted by molar-refractivity contribution is 0.100. The maximum Gasteiger partial charge on any atom is 0.248 e. The maximum atomic E-state index is 11.2. The molecule has 0 aromatic carbocycles. The number of anilines is 1. The van der Waals surface area contributed by atoms with Gasteiger partial charge in [-0.15, -0.1) is 5.10 Å². The fourth-order valence-electron chi connectivity index (χ4n) is 1.69. The van der Waals surface area contributed by atoms with Gasteiger partial charge in [0.05, 0.1) is 0 Å². The van der Waals surface area contributed by atoms with E-state index in [1.54, 1.807) is 12.1 Å². The molecule has 0 saturated heterocycles. The lowest BCUT2D eigenvalue weighted by Gasteiger charge is -1.99. The van der Waals surface area contributed by atoms with Crippen LogP contribution in [-0.4, -0.2) is 20.5 Å². The number of nitrogens with zero attached hydrogens (tertiary/aromatic N) is 3. The van der Waals surface area contributed by atoms with E-state index in [1.165, 1.54) is 16.6 Å². The number of rotatable bonds is 2. The van der Waals surface area contributed by atoms with E-state index in [2.05, 4.69) is 26.0 Å². The van der Waals surface area contributed by atoms with Gasteiger partial charge in [-0.05, 0) is 40.2 Å². The van der Waals surface area contributed by atoms with Gasteiger partial charge in [0.1, 0.15) is 5.82 Å². The zero-order chi connectivity index (χ0) is 13.6. The van der Waals surface area contributed by atoms with Crippen LogP contribution in [0, 0.1) is 0 Å². The van der Waals surface area contributed by atoms with Crippen molar-refractivity contribution in [2.45, 2.75) is 0 Å². The molecule has 7 nitrogen and oxygen atoms in total. The number of pyridine rings is 1. The number of primary amides is 1. The zero-order valence-electron chi connectivity index (χ0n) is 9.50. The van der Waals surface area contributed by atoms with Crippen molar-refractivity contribution in [2.24, 2.45) is 5.73 Å². The van der Waals surface area contributed by atoms with Crippen LogP contribution in [0.1, 0.15) is 10.4 Å². The monoisotopic (exact) mass is 321 g/mol. The summed E-state index contributed by atoms with van der Waals surface area (Å²) in [7, 11) is 0. The van der Waals surface area contributed by atoms with Gasteiger partial charge in [0.2, 0.25) is 11.7 Å². The van der Waals surface area contributed by atoms with E-state index in [9.17, 15) is 4.79 Å². The summed E-state index contributed by atoms with van der Waals surface area (Å²) in [5.41, 5.74) is 11.7. The van der Waals surface area contributed by atoms with Crippen molar-refractivity contribution in [3.05, 3.63) is 34.5 Å². The molecule has 0 atom stereocenters. The quantitative estimate of drug-likeness (QED) is 0.741. The van der Waals surface area contributed by atoms with Crippen LogP contribution < -0.4 is 11.5 Å². The fraction of sp³-hybridized carbons (Fsp3) is 0. The third kappa shape index (κ3) is 1.95. The van der Waals surface area contributed by atoms with Gasteiger partial charge in [0.25, 0.3) is 0 Å². The first kappa shape index (κ1) is 11.7. The van der Waals surface area contributed by atoms with Crippen LogP contribution in [0.15, 0.2) is 33.4 Å². The topological polar surface area (TPSA) is 112 Å². The number of carbonyl (C=O) groups is 1. The van der Waals surface area contributed by atoms with Crippen molar-refractivity contribution in [1.82, 2.24) is 14.6 Å². The average Bonchev–Trinajstić information content (AvgIpc) is 2.94. The minimum absolute atomic E-state index is 0.274. The Labute approximate surface area is 115 Å². The van der Waals surface area contributed by atoms with E-state index in [1.807, 2.05) is 0 Å². The predicted octanol–water partition coefficient (Wildman–Crippen LogP) is 1.43. The number of aromatic nitrogens is 3. The Morgan fingerprint density at radius 3 is 2.79 bits per heavy atom. The van der Waals surface area contributed by atoms with Gasteiger partial charge >= 0.3 is 0 Å². The highest BCUT2D eigenvalue weighted by Crippen LogP contribution is 2.23. The van der Waals surface area contributed by atoms with Gasteiger partial charge < -0.3 is 15.9 Å². The van der Waals surface area contributed by atoms with Crippen LogP contribution in [0.2, 0.25) is 0 Å². The molecular weight excluding hydrogens is 314 g/mol. The normalized spacial score (nSPS) is 11.0. The van der Waals surface area contributed by atoms with Crippen molar-refractivity contribution >= 4 is 33.3 Å². The predicted molar refractivity (Wildman–Crippen MR) is 71.3 cm³/mol. The molecule has 96 valence electrons. The summed E-state index contributed by atoms with van der Waals surface area (Å²) in [5, 5.41) is 4.21. The van der Waals surface area contributed by atoms with Gasteiger partial charge in [0, 0.05) is 5.56 Å². The lowest BCUT2D eigenvalue weighted by atomic mass is 10.2. The highest BCUT2D eigenvalue weighted by atomic mass is 79.9. The number of hydrogen-bond acceptors (Lipinski definition) is 5. The third-order valence-electron chi connectivity index (χ3n) is 2.54. The van der Waals surface area contributed by atoms with Gasteiger partial charge in [-0.2, -0.15) is 4.52 Å². The minimum Gasteiger partial charge on any atom is -0.446 e. The van der Waals surface area contributed by atoms with Crippen LogP contribution in [0.3, 0.4) is 0 Å². The second-order valence-electron chi connectivity index (χ2n) is 3.84. The highest BCUT2D eigenvalue weighted by Gasteiger charge is 2.13. The molecule has 3 rings (SSSR count). The fourth-order valence-corrected chi connectivity index (χ4v) is 2.00. The standard InChI is InChI=1S/C11H8BrN5O2/c12-7-2-1-6(19-7)11-15-9-4-5(10(14)18)3-8(13)17(9)16-11/h1-4H,13H2,(H2,14,18). The molecule has 0 fully saturated rings. The molecule has 0 bridgehead atoms. The van der Waals surface area contributed by atoms with E-state index in [0.29, 0.717) is 21.9 Å². The van der Waals surface area contributed by atoms with E-state index in [0.717, 1.165) is 0 Å². The van der Waals surface area contributed by atoms with Crippen LogP contribution in [-0.2, 0) is 0 Å². The summed E-state index contributed by atoms with van der Waals surface area (Å²) < 4.78 is 7.35. The first-order chi connectivity index (χ1) is 9.04. The molecule has 0 aliphatic heterocycles. The Hall–Kier alpha value is -2.35. The lowest BCUT2D eigenvalue weighted by Crippen LogP contribution is -2.12. The van der Waals surface area contributed by atoms with Crippen molar-refractivity contribution in [3.63, 3.8) is 0 Å². The molecule has 0 spiro atoms. The summed E-state index contributed by atoms with van der Waals surface area (Å²) in [6.07, 6.45) is 0. The van der Waals surface area contributed by atoms with E-state index in [-0.39, 0.29) is 11.4 Å². The first-order valence-electron chi connectivity index (χ1n) is 5.26. The second-order valence-corrected chi connectivity index (χ2v) is 4.62. The summed E-state index contributed by atoms with van der Waals surface area (Å²) in [6, 6.07) is 6.43. The van der Waals surface area contributed by atoms with Gasteiger partial charge in [-0.3, -0.25) is 4.79 Å². The van der Waals surface area contributed by atoms with Crippen molar-refractivity contribution in [2.75, 3.05) is 5.73 Å². The molecule has 0 unspecified atom stereocenters. The number of carbonyl (C=O) groups excluding carboxylic acids is 1. The Bertz CT molecular complexity index is 792. The van der Waals surface area contributed by atoms with Gasteiger partial charge in [-0.1, -0.05) is 0 Å². The Morgan fingerprint density at radius 2 is 2.16 bits per heavy atom. The molecule has 3 aromatic rings. The summed E-state index contributed by atoms with van der Waals surface area (Å²) >= 11 is 3.20. The molecular formula is C11H8BrN5O2. The van der Waals surface area contributed by atoms with Crippen LogP contribution in [0.5, 0.6) is 0 Å². The Kier molecular flexibility index (Phi) is 2.53. The molecule has 3 aromatic heterocycles. The Balaban J connectivity index is 2.20. The molecule has 0 aliphatic rings. The number of nitrogen functional groups attached to an aromatic ring is 1. The molecule has 3 heterocycles. The van der Waals surface area contributed by atoms with Crippen LogP contribution >= 0.6 is 15.9 Å². The number of furan rings is 1. The molecule has 1 amide bonds. The third-order valence-corrected chi connectivity index (χ3v) is 2.97. The van der Waals surface area contributed by atoms with E-state index < -0.39 is 5.91 Å². The Morgan fingerprint density at radius 1 is 1.37 bits per heavy atom. The largest absolute Gasteiger partial charge is 0.446 e. The molecule has 0 aliphatic carbocycles. The van der Waals surface area contributed by atoms with E-state index in [4.69, 9.17) is 15.9 Å². The number of hydrogen-bond donors (Lipinski definition) is 2. The van der Waals surface area contributed by atoms with E-state index >= 15 is 0 Å². The summed E-state index contributed by atoms with van der Waals surface area (Å²) in [5.74, 6) is 0.574. The van der Waals surface area contributed by atoms with Crippen molar-refractivity contribution < 1.29 is 9.21 Å². The number of fused-ring (bicyclic) bond motifs is 1. The first-order valence-corrected chi connectivity index (χ1v) is 6.06. The van der Waals surface area contributed by atoms with Crippen molar-refractivity contribution in [1.29, 1.82) is 0 Å². The highest BCUT2D eigenvalue weighted by molar-refractivity contribution is 9.10. The van der Waals surface area contributed by atoms with Crippen molar-refractivity contribution in [3.8, 4) is 11.6 Å². The molecule has 8 heteroatoms. The number of amides is 1. The SMILES string of the molecule is NC(=O)c1cc(N)n2nc(-c3ccc(Br)o3)nc2c1. The maximum absolute atomic E-state index is 11.2. The van der Waals surface area contributed by atoms with Gasteiger partial charge in [-0.25, -0.2) is 4.98 Å². The number of nitrogens with two attached hydrogens (primary N) is 2. The second kappa shape index (κ2) is 4.09. The summed E-state index contributed by atoms with van der Waals surface area (Å²) in [6.45, 7) is 0. The molecule has 0 radical (unpaired) electrons. The smallest absolute Gasteiger partial charge is 0.248 e. The van der Waals surface area contributed by atoms with Crippen LogP contribution in [0.25, 0.3) is 17.2 Å². The zero-order valence-corrected chi connectivity index (χ0v) is 11.1. The minimum atomic E-state index is -0.570. The number of halogens is 1. The molecule has 19 heavy (non-hydrogen) atoms. The van der Waals surface area contributed by atoms with Crippen LogP contribution in [0.4, 0.5) is 5.82 Å². The average molecular weight is 322 g/mol. The molecule has 4 N–H and O–H groups in total. The summed E-state index contributed by atoms with van der Waals surface area (Å²) in [4.78, 5) is 15.4. The molecule has 0 saturated carbocycles. The van der Waals surface area contributed by atoms with Gasteiger partial charge in [0.15, 0.2) is 16.1 Å².